The molecule has 45 heavy (non-hydrogen) atoms. The minimum Gasteiger partial charge on any atom is -0.488 e. The van der Waals surface area contributed by atoms with Crippen LogP contribution in [0.2, 0.25) is 5.02 Å². The Balaban J connectivity index is 1.33. The van der Waals surface area contributed by atoms with Crippen LogP contribution in [0.25, 0.3) is 11.0 Å². The zero-order valence-electron chi connectivity index (χ0n) is 23.7. The van der Waals surface area contributed by atoms with Gasteiger partial charge in [-0.1, -0.05) is 11.6 Å². The Kier molecular flexibility index (Phi) is 8.21. The topological polar surface area (TPSA) is 76.8 Å². The molecule has 2 atom stereocenters. The van der Waals surface area contributed by atoms with Crippen molar-refractivity contribution in [3.05, 3.63) is 92.5 Å². The van der Waals surface area contributed by atoms with Gasteiger partial charge < -0.3 is 19.1 Å². The molecule has 6 rings (SSSR count). The molecule has 0 aliphatic carbocycles. The maximum absolute atomic E-state index is 15.4. The average molecular weight is 654 g/mol. The molecule has 4 aromatic rings. The number of carboxylic acids is 1. The third kappa shape index (κ3) is 5.96. The lowest BCUT2D eigenvalue weighted by Crippen LogP contribution is -2.36. The van der Waals surface area contributed by atoms with Crippen molar-refractivity contribution in [2.24, 2.45) is 0 Å². The summed E-state index contributed by atoms with van der Waals surface area (Å²) in [6.07, 6.45) is -3.98. The molecule has 0 amide bonds. The number of nitrogens with zero attached hydrogens (tertiary/aromatic N) is 3. The Labute approximate surface area is 257 Å². The van der Waals surface area contributed by atoms with Crippen molar-refractivity contribution >= 4 is 28.6 Å². The molecule has 1 fully saturated rings. The van der Waals surface area contributed by atoms with E-state index >= 15 is 4.39 Å². The van der Waals surface area contributed by atoms with Crippen molar-refractivity contribution in [3.63, 3.8) is 0 Å². The second-order valence-electron chi connectivity index (χ2n) is 11.1. The van der Waals surface area contributed by atoms with E-state index in [0.717, 1.165) is 30.7 Å². The first kappa shape index (κ1) is 31.2. The van der Waals surface area contributed by atoms with Gasteiger partial charge >= 0.3 is 12.1 Å². The number of rotatable bonds is 8. The van der Waals surface area contributed by atoms with E-state index in [4.69, 9.17) is 21.1 Å². The van der Waals surface area contributed by atoms with E-state index in [-0.39, 0.29) is 42.2 Å². The highest BCUT2D eigenvalue weighted by molar-refractivity contribution is 6.30. The molecule has 2 aliphatic rings. The van der Waals surface area contributed by atoms with Crippen molar-refractivity contribution in [1.29, 1.82) is 0 Å². The van der Waals surface area contributed by atoms with Gasteiger partial charge in [-0.05, 0) is 67.3 Å². The summed E-state index contributed by atoms with van der Waals surface area (Å²) >= 11 is 5.59. The molecule has 0 radical (unpaired) electrons. The zero-order chi connectivity index (χ0) is 32.2. The van der Waals surface area contributed by atoms with E-state index in [9.17, 15) is 31.9 Å². The smallest absolute Gasteiger partial charge is 0.419 e. The fraction of sp³-hybridized carbons (Fsp3) is 0.355. The number of aromatic nitrogens is 2. The van der Waals surface area contributed by atoms with Gasteiger partial charge in [-0.2, -0.15) is 13.2 Å². The number of halogens is 7. The minimum atomic E-state index is -4.78. The van der Waals surface area contributed by atoms with Gasteiger partial charge in [0.05, 0.1) is 40.9 Å². The van der Waals surface area contributed by atoms with Crippen LogP contribution >= 0.6 is 11.6 Å². The molecule has 14 heteroatoms. The maximum atomic E-state index is 15.4. The Hall–Kier alpha value is -3.81. The van der Waals surface area contributed by atoms with E-state index in [1.165, 1.54) is 12.1 Å². The van der Waals surface area contributed by atoms with Crippen molar-refractivity contribution in [3.8, 4) is 5.75 Å². The first-order chi connectivity index (χ1) is 21.3. The highest BCUT2D eigenvalue weighted by atomic mass is 35.5. The Morgan fingerprint density at radius 1 is 1.16 bits per heavy atom. The van der Waals surface area contributed by atoms with Crippen molar-refractivity contribution in [1.82, 2.24) is 14.5 Å². The summed E-state index contributed by atoms with van der Waals surface area (Å²) in [4.78, 5) is 18.2. The van der Waals surface area contributed by atoms with Crippen LogP contribution in [0.4, 0.5) is 26.3 Å². The van der Waals surface area contributed by atoms with Gasteiger partial charge in [-0.25, -0.2) is 22.9 Å². The number of aromatic carboxylic acids is 1. The predicted molar refractivity (Wildman–Crippen MR) is 151 cm³/mol. The lowest BCUT2D eigenvalue weighted by atomic mass is 9.91. The van der Waals surface area contributed by atoms with Gasteiger partial charge in [0.1, 0.15) is 35.3 Å². The Morgan fingerprint density at radius 2 is 1.91 bits per heavy atom. The predicted octanol–water partition coefficient (Wildman–Crippen LogP) is 7.31. The first-order valence-electron chi connectivity index (χ1n) is 14.1. The second kappa shape index (κ2) is 11.8. The summed E-state index contributed by atoms with van der Waals surface area (Å²) in [5.41, 5.74) is -0.518. The fourth-order valence-corrected chi connectivity index (χ4v) is 5.96. The Bertz CT molecular complexity index is 1810. The first-order valence-corrected chi connectivity index (χ1v) is 14.5. The molecule has 0 spiro atoms. The molecule has 0 bridgehead atoms. The number of fused-ring (bicyclic) bond motifs is 2. The molecule has 1 saturated heterocycles. The van der Waals surface area contributed by atoms with Gasteiger partial charge in [0.2, 0.25) is 0 Å². The van der Waals surface area contributed by atoms with Gasteiger partial charge in [-0.15, -0.1) is 0 Å². The van der Waals surface area contributed by atoms with E-state index < -0.39 is 64.1 Å². The fourth-order valence-electron chi connectivity index (χ4n) is 5.81. The lowest BCUT2D eigenvalue weighted by Gasteiger charge is -2.36. The molecule has 3 heterocycles. The van der Waals surface area contributed by atoms with Gasteiger partial charge in [-0.3, -0.25) is 4.90 Å². The van der Waals surface area contributed by atoms with Crippen molar-refractivity contribution in [2.45, 2.75) is 57.8 Å². The molecule has 1 aromatic heterocycles. The van der Waals surface area contributed by atoms with Gasteiger partial charge in [0.25, 0.3) is 0 Å². The number of alkyl halides is 3. The van der Waals surface area contributed by atoms with Crippen molar-refractivity contribution < 1.29 is 45.7 Å². The average Bonchev–Trinajstić information content (AvgIpc) is 3.30. The maximum Gasteiger partial charge on any atom is 0.419 e. The van der Waals surface area contributed by atoms with Crippen LogP contribution in [0.15, 0.2) is 36.4 Å². The third-order valence-corrected chi connectivity index (χ3v) is 8.66. The Morgan fingerprint density at radius 3 is 2.58 bits per heavy atom. The molecule has 0 saturated carbocycles. The number of hydrogen-bond acceptors (Lipinski definition) is 5. The van der Waals surface area contributed by atoms with Crippen LogP contribution in [-0.2, 0) is 37.0 Å². The van der Waals surface area contributed by atoms with Crippen LogP contribution in [0.1, 0.15) is 57.8 Å². The number of benzene rings is 3. The molecule has 238 valence electrons. The highest BCUT2D eigenvalue weighted by Gasteiger charge is 2.37. The van der Waals surface area contributed by atoms with E-state index in [0.29, 0.717) is 30.1 Å². The molecule has 0 unspecified atom stereocenters. The summed E-state index contributed by atoms with van der Waals surface area (Å²) in [5.74, 6) is -4.27. The molecular weight excluding hydrogens is 628 g/mol. The standard InChI is InChI=1S/C31H26ClF6N3O4/c1-15-20-10-26(45-14-17-9-24(34)22(32)11-23(17)33)21(31(36,37)38)8-16(20)4-6-40(15)13-27-39-25-3-2-19(30(42)43)28(35)29(25)41(27)12-18-5-7-44-18/h2-3,8-11,15,18H,4-7,12-14H2,1H3,(H,42,43)/t15-,18-/m0/s1. The second-order valence-corrected chi connectivity index (χ2v) is 11.5. The van der Waals surface area contributed by atoms with E-state index in [1.54, 1.807) is 11.5 Å². The molecule has 2 aliphatic heterocycles. The quantitative estimate of drug-likeness (QED) is 0.159. The number of carbonyl (C=O) groups is 1. The number of hydrogen-bond donors (Lipinski definition) is 1. The van der Waals surface area contributed by atoms with Crippen LogP contribution in [0, 0.1) is 17.5 Å². The van der Waals surface area contributed by atoms with E-state index in [2.05, 4.69) is 4.98 Å². The zero-order valence-corrected chi connectivity index (χ0v) is 24.5. The number of imidazole rings is 1. The van der Waals surface area contributed by atoms with Gasteiger partial charge in [0.15, 0.2) is 5.82 Å². The molecule has 3 aromatic carbocycles. The number of ether oxygens (including phenoxy) is 2. The van der Waals surface area contributed by atoms with Crippen LogP contribution < -0.4 is 4.74 Å². The van der Waals surface area contributed by atoms with Crippen LogP contribution in [0.3, 0.4) is 0 Å². The molecule has 1 N–H and O–H groups in total. The van der Waals surface area contributed by atoms with Crippen molar-refractivity contribution in [2.75, 3.05) is 13.2 Å². The summed E-state index contributed by atoms with van der Waals surface area (Å²) < 4.78 is 98.5. The van der Waals surface area contributed by atoms with Crippen LogP contribution in [-0.4, -0.2) is 44.8 Å². The summed E-state index contributed by atoms with van der Waals surface area (Å²) in [6.45, 7) is 2.47. The van der Waals surface area contributed by atoms with Gasteiger partial charge in [0, 0.05) is 24.8 Å². The normalized spacial score (nSPS) is 18.6. The van der Waals surface area contributed by atoms with E-state index in [1.807, 2.05) is 4.90 Å². The summed E-state index contributed by atoms with van der Waals surface area (Å²) in [6, 6.07) is 5.94. The SMILES string of the molecule is C[C@H]1c2cc(OCc3cc(F)c(Cl)cc3F)c(C(F)(F)F)cc2CCN1Cc1nc2ccc(C(=O)O)c(F)c2n1C[C@@H]1CCO1. The molecule has 7 nitrogen and oxygen atoms in total. The summed E-state index contributed by atoms with van der Waals surface area (Å²) in [5, 5.41) is 8.99. The minimum absolute atomic E-state index is 0.0434. The third-order valence-electron chi connectivity index (χ3n) is 8.37. The molecular formula is C31H26ClF6N3O4. The van der Waals surface area contributed by atoms with Crippen LogP contribution in [0.5, 0.6) is 5.75 Å². The summed E-state index contributed by atoms with van der Waals surface area (Å²) in [7, 11) is 0. The monoisotopic (exact) mass is 653 g/mol. The largest absolute Gasteiger partial charge is 0.488 e. The highest BCUT2D eigenvalue weighted by Crippen LogP contribution is 2.42. The lowest BCUT2D eigenvalue weighted by molar-refractivity contribution is -0.139. The number of carboxylic acid groups (broad SMARTS) is 1.